The van der Waals surface area contributed by atoms with Gasteiger partial charge in [-0.1, -0.05) is 6.08 Å². The highest BCUT2D eigenvalue weighted by atomic mass is 16.7. The first-order valence-electron chi connectivity index (χ1n) is 7.50. The molecule has 0 aromatic heterocycles. The van der Waals surface area contributed by atoms with Gasteiger partial charge in [0.15, 0.2) is 0 Å². The Balaban J connectivity index is 2.03. The molecule has 0 aromatic carbocycles. The van der Waals surface area contributed by atoms with Crippen LogP contribution in [0.3, 0.4) is 0 Å². The molecule has 5 heteroatoms. The van der Waals surface area contributed by atoms with E-state index in [1.165, 1.54) is 5.47 Å². The third-order valence-corrected chi connectivity index (χ3v) is 4.55. The molecule has 2 N–H and O–H groups in total. The second-order valence-electron chi connectivity index (χ2n) is 7.69. The van der Waals surface area contributed by atoms with Crippen LogP contribution in [0.5, 0.6) is 0 Å². The van der Waals surface area contributed by atoms with Crippen molar-refractivity contribution >= 4 is 7.12 Å². The molecule has 0 amide bonds. The van der Waals surface area contributed by atoms with Gasteiger partial charge in [-0.15, -0.1) is 0 Å². The summed E-state index contributed by atoms with van der Waals surface area (Å²) in [6, 6.07) is 0.272. The van der Waals surface area contributed by atoms with Crippen molar-refractivity contribution in [1.29, 1.82) is 0 Å². The average molecular weight is 281 g/mol. The Bertz CT molecular complexity index is 382. The van der Waals surface area contributed by atoms with Crippen molar-refractivity contribution in [3.05, 3.63) is 11.5 Å². The average Bonchev–Trinajstić information content (AvgIpc) is 2.46. The molecule has 20 heavy (non-hydrogen) atoms. The molecule has 2 aliphatic heterocycles. The minimum Gasteiger partial charge on any atom is -0.400 e. The Labute approximate surface area is 123 Å². The molecule has 114 valence electrons. The smallest absolute Gasteiger partial charge is 0.400 e. The predicted molar refractivity (Wildman–Crippen MR) is 81.5 cm³/mol. The molecular formula is C15H28BNO3. The summed E-state index contributed by atoms with van der Waals surface area (Å²) in [6.45, 7) is 12.8. The van der Waals surface area contributed by atoms with Gasteiger partial charge in [-0.2, -0.15) is 0 Å². The Morgan fingerprint density at radius 1 is 1.30 bits per heavy atom. The van der Waals surface area contributed by atoms with E-state index >= 15 is 0 Å². The number of hydrogen-bond donors (Lipinski definition) is 2. The van der Waals surface area contributed by atoms with Crippen molar-refractivity contribution in [2.75, 3.05) is 6.54 Å². The molecule has 2 heterocycles. The molecule has 0 spiro atoms. The monoisotopic (exact) mass is 281 g/mol. The van der Waals surface area contributed by atoms with E-state index < -0.39 is 5.60 Å². The highest BCUT2D eigenvalue weighted by molar-refractivity contribution is 6.54. The summed E-state index contributed by atoms with van der Waals surface area (Å²) < 4.78 is 12.2. The lowest BCUT2D eigenvalue weighted by Crippen LogP contribution is -2.41. The highest BCUT2D eigenvalue weighted by Gasteiger charge is 2.52. The van der Waals surface area contributed by atoms with Crippen molar-refractivity contribution in [3.8, 4) is 0 Å². The van der Waals surface area contributed by atoms with Crippen LogP contribution in [0.25, 0.3) is 0 Å². The van der Waals surface area contributed by atoms with Crippen LogP contribution in [0, 0.1) is 0 Å². The first kappa shape index (κ1) is 16.0. The van der Waals surface area contributed by atoms with Gasteiger partial charge >= 0.3 is 7.12 Å². The molecule has 1 fully saturated rings. The number of rotatable bonds is 3. The van der Waals surface area contributed by atoms with Gasteiger partial charge in [-0.25, -0.2) is 0 Å². The van der Waals surface area contributed by atoms with Crippen LogP contribution < -0.4 is 5.32 Å². The standard InChI is InChI=1S/C15H28BNO3/c1-13(2,18)10-12-9-11(7-8-17-12)16-19-14(3,4)15(5,6)20-16/h7,12,17-18H,8-10H2,1-6H3. The van der Waals surface area contributed by atoms with Crippen LogP contribution in [0.15, 0.2) is 11.5 Å². The molecule has 1 saturated heterocycles. The summed E-state index contributed by atoms with van der Waals surface area (Å²) in [7, 11) is -0.258. The van der Waals surface area contributed by atoms with Crippen molar-refractivity contribution in [2.24, 2.45) is 0 Å². The highest BCUT2D eigenvalue weighted by Crippen LogP contribution is 2.39. The molecule has 1 atom stereocenters. The molecule has 1 unspecified atom stereocenters. The molecule has 0 bridgehead atoms. The lowest BCUT2D eigenvalue weighted by atomic mass is 9.72. The summed E-state index contributed by atoms with van der Waals surface area (Å²) in [5, 5.41) is 13.4. The first-order valence-corrected chi connectivity index (χ1v) is 7.50. The van der Waals surface area contributed by atoms with Crippen molar-refractivity contribution in [2.45, 2.75) is 77.2 Å². The SMILES string of the molecule is CC(C)(O)CC1CC(B2OC(C)(C)C(C)(C)O2)=CCN1. The van der Waals surface area contributed by atoms with E-state index in [0.29, 0.717) is 0 Å². The summed E-state index contributed by atoms with van der Waals surface area (Å²) >= 11 is 0. The Hall–Kier alpha value is -0.355. The first-order chi connectivity index (χ1) is 9.00. The van der Waals surface area contributed by atoms with E-state index in [1.54, 1.807) is 0 Å². The van der Waals surface area contributed by atoms with E-state index in [9.17, 15) is 5.11 Å². The van der Waals surface area contributed by atoms with Gasteiger partial charge in [-0.05, 0) is 59.9 Å². The number of aliphatic hydroxyl groups is 1. The maximum absolute atomic E-state index is 9.97. The van der Waals surface area contributed by atoms with E-state index in [0.717, 1.165) is 19.4 Å². The fourth-order valence-electron chi connectivity index (χ4n) is 2.73. The maximum Gasteiger partial charge on any atom is 0.490 e. The summed E-state index contributed by atoms with van der Waals surface area (Å²) in [5.74, 6) is 0. The van der Waals surface area contributed by atoms with E-state index in [1.807, 2.05) is 13.8 Å². The second-order valence-corrected chi connectivity index (χ2v) is 7.69. The molecular weight excluding hydrogens is 253 g/mol. The molecule has 0 aromatic rings. The zero-order valence-electron chi connectivity index (χ0n) is 13.6. The molecule has 2 rings (SSSR count). The number of hydrogen-bond acceptors (Lipinski definition) is 4. The van der Waals surface area contributed by atoms with Crippen LogP contribution in [-0.2, 0) is 9.31 Å². The Morgan fingerprint density at radius 3 is 2.35 bits per heavy atom. The summed E-state index contributed by atoms with van der Waals surface area (Å²) in [5.41, 5.74) is -0.0584. The Morgan fingerprint density at radius 2 is 1.85 bits per heavy atom. The van der Waals surface area contributed by atoms with Gasteiger partial charge in [0, 0.05) is 12.6 Å². The fraction of sp³-hybridized carbons (Fsp3) is 0.867. The second kappa shape index (κ2) is 5.13. The molecule has 4 nitrogen and oxygen atoms in total. The maximum atomic E-state index is 9.97. The third kappa shape index (κ3) is 3.45. The normalized spacial score (nSPS) is 29.4. The van der Waals surface area contributed by atoms with E-state index in [-0.39, 0.29) is 24.4 Å². The number of nitrogens with one attached hydrogen (secondary N) is 1. The lowest BCUT2D eigenvalue weighted by Gasteiger charge is -2.32. The van der Waals surface area contributed by atoms with Crippen molar-refractivity contribution < 1.29 is 14.4 Å². The van der Waals surface area contributed by atoms with Gasteiger partial charge in [-0.3, -0.25) is 0 Å². The van der Waals surface area contributed by atoms with Crippen LogP contribution in [0.1, 0.15) is 54.4 Å². The molecule has 2 aliphatic rings. The predicted octanol–water partition coefficient (Wildman–Crippen LogP) is 2.07. The third-order valence-electron chi connectivity index (χ3n) is 4.55. The van der Waals surface area contributed by atoms with Crippen LogP contribution in [0.4, 0.5) is 0 Å². The molecule has 0 radical (unpaired) electrons. The van der Waals surface area contributed by atoms with Gasteiger partial charge in [0.1, 0.15) is 0 Å². The largest absolute Gasteiger partial charge is 0.490 e. The molecule has 0 aliphatic carbocycles. The minimum atomic E-state index is -0.657. The fourth-order valence-corrected chi connectivity index (χ4v) is 2.73. The van der Waals surface area contributed by atoms with Gasteiger partial charge in [0.2, 0.25) is 0 Å². The van der Waals surface area contributed by atoms with Gasteiger partial charge in [0.25, 0.3) is 0 Å². The Kier molecular flexibility index (Phi) is 4.11. The van der Waals surface area contributed by atoms with Crippen LogP contribution in [-0.4, -0.2) is 41.6 Å². The van der Waals surface area contributed by atoms with E-state index in [2.05, 4.69) is 39.1 Å². The zero-order chi connectivity index (χ0) is 15.2. The van der Waals surface area contributed by atoms with Crippen LogP contribution >= 0.6 is 0 Å². The topological polar surface area (TPSA) is 50.7 Å². The van der Waals surface area contributed by atoms with Gasteiger partial charge in [0.05, 0.1) is 16.8 Å². The lowest BCUT2D eigenvalue weighted by molar-refractivity contribution is 0.00578. The minimum absolute atomic E-state index is 0.258. The summed E-state index contributed by atoms with van der Waals surface area (Å²) in [6.07, 6.45) is 3.74. The zero-order valence-corrected chi connectivity index (χ0v) is 13.6. The molecule has 0 saturated carbocycles. The van der Waals surface area contributed by atoms with Crippen LogP contribution in [0.2, 0.25) is 0 Å². The van der Waals surface area contributed by atoms with Gasteiger partial charge < -0.3 is 19.7 Å². The quantitative estimate of drug-likeness (QED) is 0.778. The van der Waals surface area contributed by atoms with Crippen molar-refractivity contribution in [3.63, 3.8) is 0 Å². The van der Waals surface area contributed by atoms with E-state index in [4.69, 9.17) is 9.31 Å². The van der Waals surface area contributed by atoms with Crippen molar-refractivity contribution in [1.82, 2.24) is 5.32 Å². The summed E-state index contributed by atoms with van der Waals surface area (Å²) in [4.78, 5) is 0.